The average molecular weight is 919 g/mol. The molecule has 11 atom stereocenters. The maximum absolute atomic E-state index is 14.1. The van der Waals surface area contributed by atoms with Gasteiger partial charge in [-0.05, 0) is 48.5 Å². The maximum atomic E-state index is 14.1. The van der Waals surface area contributed by atoms with Gasteiger partial charge in [0.2, 0.25) is 0 Å². The van der Waals surface area contributed by atoms with Gasteiger partial charge in [0.15, 0.2) is 42.3 Å². The van der Waals surface area contributed by atoms with Crippen LogP contribution in [-0.2, 0) is 52.2 Å². The minimum atomic E-state index is -1.59. The molecule has 0 spiro atoms. The molecule has 3 heterocycles. The first-order valence-electron chi connectivity index (χ1n) is 21.2. The van der Waals surface area contributed by atoms with Crippen molar-refractivity contribution in [1.29, 1.82) is 0 Å². The van der Waals surface area contributed by atoms with Gasteiger partial charge in [-0.25, -0.2) is 19.2 Å². The number of fused-ring (bicyclic) bond motifs is 1. The maximum Gasteiger partial charge on any atom is 0.338 e. The predicted octanol–water partition coefficient (Wildman–Crippen LogP) is 6.76. The van der Waals surface area contributed by atoms with Gasteiger partial charge in [-0.1, -0.05) is 115 Å². The predicted molar refractivity (Wildman–Crippen MR) is 235 cm³/mol. The van der Waals surface area contributed by atoms with Crippen LogP contribution in [0.15, 0.2) is 152 Å². The molecule has 0 unspecified atom stereocenters. The van der Waals surface area contributed by atoms with Crippen molar-refractivity contribution < 1.29 is 71.3 Å². The normalized spacial score (nSPS) is 27.0. The molecule has 3 fully saturated rings. The standard InChI is InChI=1S/C50H46O15S/c1-30(51)66-43-39-37(29-58-48(65-39)35-26-16-7-17-27-35)60-50(42(43)63-47(55)34-24-14-6-15-25-34)64-38-36(28-57-44(52)31-18-8-3-9-19-31)59-49(56-2)41(62-46(54)33-22-12-5-13-23-33)40(38)61-45(53)32-20-10-4-11-21-32/h3-27,36-43,48-50H,28-29H2,1-2H3/t36-,37-,38-,39+,40+,41-,42-,43+,48-,49-,50+/m1/s1. The summed E-state index contributed by atoms with van der Waals surface area (Å²) in [4.78, 5) is 68.6. The van der Waals surface area contributed by atoms with Crippen molar-refractivity contribution >= 4 is 40.8 Å². The van der Waals surface area contributed by atoms with Gasteiger partial charge < -0.3 is 47.4 Å². The highest BCUT2D eigenvalue weighted by Crippen LogP contribution is 2.42. The van der Waals surface area contributed by atoms with E-state index in [2.05, 4.69) is 0 Å². The van der Waals surface area contributed by atoms with Gasteiger partial charge in [-0.2, -0.15) is 0 Å². The molecule has 3 aliphatic heterocycles. The highest BCUT2D eigenvalue weighted by molar-refractivity contribution is 8.14. The molecule has 0 N–H and O–H groups in total. The topological polar surface area (TPSA) is 178 Å². The van der Waals surface area contributed by atoms with Crippen LogP contribution in [0.25, 0.3) is 0 Å². The molecule has 8 rings (SSSR count). The van der Waals surface area contributed by atoms with Crippen LogP contribution in [0, 0.1) is 0 Å². The second-order valence-corrected chi connectivity index (χ2v) is 16.7. The van der Waals surface area contributed by atoms with E-state index in [0.29, 0.717) is 5.56 Å². The molecule has 0 bridgehead atoms. The highest BCUT2D eigenvalue weighted by atomic mass is 32.2. The average Bonchev–Trinajstić information content (AvgIpc) is 3.36. The van der Waals surface area contributed by atoms with Crippen LogP contribution >= 0.6 is 11.8 Å². The minimum Gasteiger partial charge on any atom is -0.459 e. The van der Waals surface area contributed by atoms with Crippen LogP contribution in [0.2, 0.25) is 0 Å². The Morgan fingerprint density at radius 1 is 0.545 bits per heavy atom. The van der Waals surface area contributed by atoms with Crippen LogP contribution < -0.4 is 0 Å². The van der Waals surface area contributed by atoms with Crippen LogP contribution in [0.1, 0.15) is 60.2 Å². The highest BCUT2D eigenvalue weighted by Gasteiger charge is 2.58. The van der Waals surface area contributed by atoms with Crippen molar-refractivity contribution in [2.45, 2.75) is 73.8 Å². The van der Waals surface area contributed by atoms with Crippen LogP contribution in [0.4, 0.5) is 0 Å². The zero-order valence-corrected chi connectivity index (χ0v) is 36.5. The lowest BCUT2D eigenvalue weighted by molar-refractivity contribution is -0.365. The summed E-state index contributed by atoms with van der Waals surface area (Å²) in [5.41, 5.74) is 1.45. The third-order valence-corrected chi connectivity index (χ3v) is 12.1. The Kier molecular flexibility index (Phi) is 15.3. The third-order valence-electron chi connectivity index (χ3n) is 10.9. The smallest absolute Gasteiger partial charge is 0.338 e. The molecule has 15 nitrogen and oxygen atoms in total. The fraction of sp³-hybridized carbons (Fsp3) is 0.300. The molecule has 342 valence electrons. The van der Waals surface area contributed by atoms with Gasteiger partial charge in [0.25, 0.3) is 0 Å². The van der Waals surface area contributed by atoms with Crippen molar-refractivity contribution in [1.82, 2.24) is 0 Å². The van der Waals surface area contributed by atoms with E-state index in [1.807, 2.05) is 30.3 Å². The van der Waals surface area contributed by atoms with Gasteiger partial charge in [0, 0.05) is 19.6 Å². The molecule has 3 saturated heterocycles. The van der Waals surface area contributed by atoms with E-state index in [1.54, 1.807) is 109 Å². The van der Waals surface area contributed by atoms with E-state index in [1.165, 1.54) is 26.2 Å². The Labute approximate surface area is 384 Å². The second kappa shape index (κ2) is 21.8. The van der Waals surface area contributed by atoms with Gasteiger partial charge in [-0.3, -0.25) is 4.79 Å². The van der Waals surface area contributed by atoms with Gasteiger partial charge in [-0.15, -0.1) is 0 Å². The summed E-state index contributed by atoms with van der Waals surface area (Å²) in [5, 5.41) is -1.31. The molecule has 66 heavy (non-hydrogen) atoms. The second-order valence-electron chi connectivity index (χ2n) is 15.3. The SMILES string of the molecule is CO[C@@H]1O[C@H](COC(=O)c2ccccc2)[C@@H](O[C@@H]2O[C@@H]3CO[C@@H](c4ccccc4)O[C@@H]3[C@H](SC(C)=O)[C@H]2OC(=O)c2ccccc2)[C@H](OC(=O)c2ccccc2)[C@H]1OC(=O)c1ccccc1. The molecule has 16 heteroatoms. The third kappa shape index (κ3) is 11.1. The number of methoxy groups -OCH3 is 1. The lowest BCUT2D eigenvalue weighted by atomic mass is 9.96. The minimum absolute atomic E-state index is 0.0484. The van der Waals surface area contributed by atoms with Crippen molar-refractivity contribution in [3.05, 3.63) is 179 Å². The molecular weight excluding hydrogens is 873 g/mol. The number of benzene rings is 5. The summed E-state index contributed by atoms with van der Waals surface area (Å²) in [5.74, 6) is -3.13. The fourth-order valence-electron chi connectivity index (χ4n) is 7.78. The van der Waals surface area contributed by atoms with E-state index in [-0.39, 0.29) is 34.0 Å². The molecule has 0 amide bonds. The monoisotopic (exact) mass is 918 g/mol. The lowest BCUT2D eigenvalue weighted by Crippen LogP contribution is -2.67. The Balaban J connectivity index is 1.20. The number of thioether (sulfide) groups is 1. The van der Waals surface area contributed by atoms with Gasteiger partial charge in [0.1, 0.15) is 31.0 Å². The van der Waals surface area contributed by atoms with Crippen molar-refractivity contribution in [2.75, 3.05) is 20.3 Å². The first-order valence-corrected chi connectivity index (χ1v) is 22.0. The van der Waals surface area contributed by atoms with E-state index in [4.69, 9.17) is 47.4 Å². The molecule has 3 aliphatic rings. The van der Waals surface area contributed by atoms with Crippen molar-refractivity contribution in [2.24, 2.45) is 0 Å². The number of carbonyl (C=O) groups excluding carboxylic acids is 5. The number of ether oxygens (including phenoxy) is 10. The first-order chi connectivity index (χ1) is 32.2. The summed E-state index contributed by atoms with van der Waals surface area (Å²) < 4.78 is 62.8. The number of hydrogen-bond donors (Lipinski definition) is 0. The Morgan fingerprint density at radius 2 is 1.02 bits per heavy atom. The zero-order valence-electron chi connectivity index (χ0n) is 35.7. The fourth-order valence-corrected chi connectivity index (χ4v) is 8.86. The van der Waals surface area contributed by atoms with Gasteiger partial charge in [0.05, 0.1) is 34.1 Å². The van der Waals surface area contributed by atoms with Gasteiger partial charge >= 0.3 is 23.9 Å². The number of hydrogen-bond acceptors (Lipinski definition) is 16. The number of rotatable bonds is 14. The van der Waals surface area contributed by atoms with E-state index >= 15 is 0 Å². The summed E-state index contributed by atoms with van der Waals surface area (Å²) in [7, 11) is 1.30. The molecule has 0 aromatic heterocycles. The van der Waals surface area contributed by atoms with Crippen molar-refractivity contribution in [3.8, 4) is 0 Å². The molecule has 0 aliphatic carbocycles. The quantitative estimate of drug-likeness (QED) is 0.0842. The lowest BCUT2D eigenvalue weighted by Gasteiger charge is -2.50. The van der Waals surface area contributed by atoms with Crippen LogP contribution in [0.5, 0.6) is 0 Å². The summed E-state index contributed by atoms with van der Waals surface area (Å²) in [6.07, 6.45) is -13.1. The number of esters is 4. The molecule has 0 saturated carbocycles. The Hall–Kier alpha value is -6.24. The van der Waals surface area contributed by atoms with Crippen LogP contribution in [0.3, 0.4) is 0 Å². The first kappa shape index (κ1) is 46.3. The molecule has 5 aromatic rings. The Morgan fingerprint density at radius 3 is 1.52 bits per heavy atom. The molecular formula is C50H46O15S. The summed E-state index contributed by atoms with van der Waals surface area (Å²) in [6.45, 7) is 0.810. The van der Waals surface area contributed by atoms with Crippen LogP contribution in [-0.4, -0.2) is 110 Å². The molecule has 0 radical (unpaired) electrons. The van der Waals surface area contributed by atoms with E-state index in [9.17, 15) is 24.0 Å². The van der Waals surface area contributed by atoms with E-state index in [0.717, 1.165) is 11.8 Å². The zero-order chi connectivity index (χ0) is 46.0. The largest absolute Gasteiger partial charge is 0.459 e. The number of carbonyl (C=O) groups is 5. The Bertz CT molecular complexity index is 2410. The van der Waals surface area contributed by atoms with E-state index < -0.39 is 97.3 Å². The summed E-state index contributed by atoms with van der Waals surface area (Å²) >= 11 is 0.869. The van der Waals surface area contributed by atoms with Crippen molar-refractivity contribution in [3.63, 3.8) is 0 Å². The summed E-state index contributed by atoms with van der Waals surface area (Å²) in [6, 6.07) is 41.8. The molecule has 5 aromatic carbocycles.